The molecule has 0 radical (unpaired) electrons. The van der Waals surface area contributed by atoms with Crippen LogP contribution in [0.5, 0.6) is 0 Å². The van der Waals surface area contributed by atoms with Crippen LogP contribution in [0.4, 0.5) is 4.79 Å². The Balaban J connectivity index is 1.40. The number of carbonyl (C=O) groups excluding carboxylic acids is 2. The summed E-state index contributed by atoms with van der Waals surface area (Å²) in [5, 5.41) is 16.1. The molecule has 3 fully saturated rings. The number of urea groups is 1. The molecule has 1 aliphatic carbocycles. The summed E-state index contributed by atoms with van der Waals surface area (Å²) in [5.74, 6) is 0.192. The van der Waals surface area contributed by atoms with E-state index in [2.05, 4.69) is 40.7 Å². The van der Waals surface area contributed by atoms with Crippen LogP contribution in [-0.2, 0) is 16.1 Å². The van der Waals surface area contributed by atoms with Crippen molar-refractivity contribution >= 4 is 23.3 Å². The molecule has 3 aliphatic rings. The van der Waals surface area contributed by atoms with Crippen LogP contribution in [0.25, 0.3) is 0 Å². The second-order valence-electron chi connectivity index (χ2n) is 10.00. The van der Waals surface area contributed by atoms with Crippen LogP contribution in [0.2, 0.25) is 0 Å². The number of thiophene rings is 1. The van der Waals surface area contributed by atoms with Crippen molar-refractivity contribution in [1.29, 1.82) is 5.26 Å². The van der Waals surface area contributed by atoms with Gasteiger partial charge >= 0.3 is 6.03 Å². The molecule has 2 atom stereocenters. The van der Waals surface area contributed by atoms with Crippen molar-refractivity contribution < 1.29 is 14.3 Å². The molecule has 8 nitrogen and oxygen atoms in total. The Kier molecular flexibility index (Phi) is 8.46. The number of likely N-dealkylation sites (tertiary alicyclic amines) is 1. The summed E-state index contributed by atoms with van der Waals surface area (Å²) in [6, 6.07) is 5.80. The molecule has 186 valence electrons. The van der Waals surface area contributed by atoms with Crippen LogP contribution >= 0.6 is 11.3 Å². The van der Waals surface area contributed by atoms with E-state index in [0.29, 0.717) is 51.6 Å². The number of hydrogen-bond acceptors (Lipinski definition) is 6. The molecule has 3 amide bonds. The lowest BCUT2D eigenvalue weighted by Gasteiger charge is -2.32. The van der Waals surface area contributed by atoms with Crippen LogP contribution in [-0.4, -0.2) is 72.7 Å². The predicted octanol–water partition coefficient (Wildman–Crippen LogP) is 3.02. The van der Waals surface area contributed by atoms with E-state index < -0.39 is 11.6 Å². The van der Waals surface area contributed by atoms with E-state index in [1.807, 2.05) is 0 Å². The van der Waals surface area contributed by atoms with Crippen molar-refractivity contribution in [2.75, 3.05) is 39.4 Å². The Morgan fingerprint density at radius 1 is 1.24 bits per heavy atom. The van der Waals surface area contributed by atoms with E-state index >= 15 is 0 Å². The van der Waals surface area contributed by atoms with Gasteiger partial charge in [0.1, 0.15) is 11.6 Å². The normalized spacial score (nSPS) is 25.0. The molecule has 1 aromatic rings. The fraction of sp³-hybridized carbons (Fsp3) is 0.720. The van der Waals surface area contributed by atoms with Gasteiger partial charge in [0.05, 0.1) is 19.3 Å². The third kappa shape index (κ3) is 6.49. The molecule has 0 bridgehead atoms. The molecular weight excluding hydrogens is 450 g/mol. The zero-order valence-electron chi connectivity index (χ0n) is 20.2. The molecule has 1 saturated carbocycles. The first-order valence-corrected chi connectivity index (χ1v) is 13.4. The van der Waals surface area contributed by atoms with Gasteiger partial charge in [0, 0.05) is 42.5 Å². The highest BCUT2D eigenvalue weighted by molar-refractivity contribution is 7.11. The molecular formula is C25H37N5O3S. The highest BCUT2D eigenvalue weighted by atomic mass is 32.1. The van der Waals surface area contributed by atoms with Crippen molar-refractivity contribution in [3.05, 3.63) is 21.9 Å². The maximum atomic E-state index is 13.5. The summed E-state index contributed by atoms with van der Waals surface area (Å²) in [6.45, 7) is 6.24. The number of amides is 3. The minimum atomic E-state index is -0.919. The maximum absolute atomic E-state index is 13.5. The van der Waals surface area contributed by atoms with E-state index in [9.17, 15) is 14.9 Å². The first-order chi connectivity index (χ1) is 16.5. The summed E-state index contributed by atoms with van der Waals surface area (Å²) in [4.78, 5) is 32.9. The van der Waals surface area contributed by atoms with Crippen molar-refractivity contribution in [2.45, 2.75) is 70.0 Å². The average molecular weight is 488 g/mol. The Bertz CT molecular complexity index is 887. The van der Waals surface area contributed by atoms with Gasteiger partial charge in [-0.25, -0.2) is 4.79 Å². The third-order valence-electron chi connectivity index (χ3n) is 7.31. The number of hydrogen-bond donors (Lipinski definition) is 2. The first kappa shape index (κ1) is 25.0. The number of aryl methyl sites for hydroxylation is 1. The zero-order valence-corrected chi connectivity index (χ0v) is 21.0. The fourth-order valence-corrected chi connectivity index (χ4v) is 6.29. The molecule has 2 saturated heterocycles. The molecule has 4 rings (SSSR count). The zero-order chi connectivity index (χ0) is 24.0. The van der Waals surface area contributed by atoms with Crippen molar-refractivity contribution in [3.63, 3.8) is 0 Å². The second kappa shape index (κ2) is 11.5. The number of nitrogens with one attached hydrogen (secondary N) is 2. The van der Waals surface area contributed by atoms with Gasteiger partial charge in [-0.05, 0) is 37.8 Å². The van der Waals surface area contributed by atoms with Gasteiger partial charge in [-0.15, -0.1) is 11.3 Å². The number of nitriles is 1. The molecule has 2 unspecified atom stereocenters. The maximum Gasteiger partial charge on any atom is 0.318 e. The van der Waals surface area contributed by atoms with Gasteiger partial charge in [-0.3, -0.25) is 9.69 Å². The number of carbonyl (C=O) groups is 2. The molecule has 2 aliphatic heterocycles. The Morgan fingerprint density at radius 2 is 2.00 bits per heavy atom. The van der Waals surface area contributed by atoms with E-state index in [0.717, 1.165) is 25.9 Å². The van der Waals surface area contributed by atoms with Crippen LogP contribution in [0.1, 0.15) is 54.7 Å². The molecule has 1 aromatic heterocycles. The summed E-state index contributed by atoms with van der Waals surface area (Å²) < 4.78 is 5.35. The largest absolute Gasteiger partial charge is 0.378 e. The summed E-state index contributed by atoms with van der Waals surface area (Å²) in [5.41, 5.74) is -0.919. The number of ether oxygens (including phenoxy) is 1. The lowest BCUT2D eigenvalue weighted by atomic mass is 9.84. The summed E-state index contributed by atoms with van der Waals surface area (Å²) in [7, 11) is 0. The van der Waals surface area contributed by atoms with Gasteiger partial charge in [0.2, 0.25) is 5.91 Å². The summed E-state index contributed by atoms with van der Waals surface area (Å²) in [6.07, 6.45) is 6.99. The molecule has 0 aromatic carbocycles. The van der Waals surface area contributed by atoms with Gasteiger partial charge in [0.25, 0.3) is 0 Å². The van der Waals surface area contributed by atoms with E-state index in [1.165, 1.54) is 29.0 Å². The quantitative estimate of drug-likeness (QED) is 0.616. The minimum absolute atomic E-state index is 0.216. The minimum Gasteiger partial charge on any atom is -0.378 e. The number of nitrogens with zero attached hydrogens (tertiary/aromatic N) is 3. The number of rotatable bonds is 7. The smallest absolute Gasteiger partial charge is 0.318 e. The summed E-state index contributed by atoms with van der Waals surface area (Å²) >= 11 is 1.77. The molecule has 9 heteroatoms. The molecule has 34 heavy (non-hydrogen) atoms. The van der Waals surface area contributed by atoms with Gasteiger partial charge in [0.15, 0.2) is 0 Å². The Morgan fingerprint density at radius 3 is 2.68 bits per heavy atom. The molecule has 3 heterocycles. The first-order valence-electron chi connectivity index (χ1n) is 12.6. The van der Waals surface area contributed by atoms with Crippen LogP contribution in [0.15, 0.2) is 12.1 Å². The number of morpholine rings is 1. The highest BCUT2D eigenvalue weighted by Gasteiger charge is 2.41. The SMILES string of the molecule is Cc1ccc(CN2CCC(C#N)(NC(=O)C(CC3CCCCC3)NC(=O)N3CCOCC3)C2)s1. The molecule has 2 N–H and O–H groups in total. The van der Waals surface area contributed by atoms with Gasteiger partial charge in [-0.2, -0.15) is 5.26 Å². The Hall–Kier alpha value is -2.15. The van der Waals surface area contributed by atoms with Crippen LogP contribution < -0.4 is 10.6 Å². The van der Waals surface area contributed by atoms with E-state index in [-0.39, 0.29) is 11.9 Å². The third-order valence-corrected chi connectivity index (χ3v) is 8.29. The fourth-order valence-electron chi connectivity index (χ4n) is 5.35. The standard InChI is InChI=1S/C25H37N5O3S/c1-19-7-8-21(34-19)16-29-10-9-25(17-26,18-29)28-23(31)22(15-20-5-3-2-4-6-20)27-24(32)30-11-13-33-14-12-30/h7-8,20,22H,2-6,9-16,18H2,1H3,(H,27,32)(H,28,31). The predicted molar refractivity (Wildman–Crippen MR) is 131 cm³/mol. The van der Waals surface area contributed by atoms with Crippen molar-refractivity contribution in [1.82, 2.24) is 20.4 Å². The van der Waals surface area contributed by atoms with Gasteiger partial charge in [-0.1, -0.05) is 32.1 Å². The lowest BCUT2D eigenvalue weighted by molar-refractivity contribution is -0.124. The van der Waals surface area contributed by atoms with Crippen LogP contribution in [0, 0.1) is 24.2 Å². The average Bonchev–Trinajstić information content (AvgIpc) is 3.45. The monoisotopic (exact) mass is 487 g/mol. The molecule has 0 spiro atoms. The van der Waals surface area contributed by atoms with Gasteiger partial charge < -0.3 is 20.3 Å². The van der Waals surface area contributed by atoms with E-state index in [4.69, 9.17) is 4.74 Å². The highest BCUT2D eigenvalue weighted by Crippen LogP contribution is 2.29. The van der Waals surface area contributed by atoms with Crippen LogP contribution in [0.3, 0.4) is 0 Å². The van der Waals surface area contributed by atoms with E-state index in [1.54, 1.807) is 16.2 Å². The lowest BCUT2D eigenvalue weighted by Crippen LogP contribution is -2.58. The van der Waals surface area contributed by atoms with Crippen molar-refractivity contribution in [2.24, 2.45) is 5.92 Å². The topological polar surface area (TPSA) is 97.7 Å². The Labute approximate surface area is 206 Å². The second-order valence-corrected chi connectivity index (χ2v) is 11.4. The van der Waals surface area contributed by atoms with Crippen molar-refractivity contribution in [3.8, 4) is 6.07 Å².